The van der Waals surface area contributed by atoms with Crippen molar-refractivity contribution in [2.24, 2.45) is 0 Å². The van der Waals surface area contributed by atoms with Gasteiger partial charge in [-0.1, -0.05) is 0 Å². The number of ether oxygens (including phenoxy) is 3. The minimum atomic E-state index is -4.09. The summed E-state index contributed by atoms with van der Waals surface area (Å²) in [5.74, 6) is 1.72. The Bertz CT molecular complexity index is 463. The van der Waals surface area contributed by atoms with Gasteiger partial charge in [0.1, 0.15) is 0 Å². The van der Waals surface area contributed by atoms with E-state index in [1.165, 1.54) is 7.11 Å². The molecule has 0 fully saturated rings. The van der Waals surface area contributed by atoms with Crippen LogP contribution in [-0.4, -0.2) is 26.6 Å². The van der Waals surface area contributed by atoms with Gasteiger partial charge in [0.2, 0.25) is 12.5 Å². The number of rotatable bonds is 6. The Kier molecular flexibility index (Phi) is 4.59. The largest absolute Gasteiger partial charge is 0.493 e. The third-order valence-electron chi connectivity index (χ3n) is 2.86. The minimum absolute atomic E-state index is 0.0607. The van der Waals surface area contributed by atoms with Gasteiger partial charge in [-0.25, -0.2) is 0 Å². The fraction of sp³-hybridized carbons (Fsp3) is 0.538. The van der Waals surface area contributed by atoms with Crippen molar-refractivity contribution < 1.29 is 27.4 Å². The zero-order valence-corrected chi connectivity index (χ0v) is 11.0. The topological polar surface area (TPSA) is 39.7 Å². The normalized spacial score (nSPS) is 13.6. The average molecular weight is 291 g/mol. The first-order valence-corrected chi connectivity index (χ1v) is 6.23. The average Bonchev–Trinajstić information content (AvgIpc) is 2.84. The molecule has 7 heteroatoms. The zero-order valence-electron chi connectivity index (χ0n) is 11.0. The van der Waals surface area contributed by atoms with Gasteiger partial charge in [0.25, 0.3) is 0 Å². The van der Waals surface area contributed by atoms with Crippen molar-refractivity contribution in [3.05, 3.63) is 17.7 Å². The summed E-state index contributed by atoms with van der Waals surface area (Å²) in [5.41, 5.74) is 0.873. The molecule has 20 heavy (non-hydrogen) atoms. The predicted molar refractivity (Wildman–Crippen MR) is 66.1 cm³/mol. The molecule has 0 unspecified atom stereocenters. The quantitative estimate of drug-likeness (QED) is 0.818. The molecule has 0 atom stereocenters. The summed E-state index contributed by atoms with van der Waals surface area (Å²) < 4.78 is 51.7. The summed E-state index contributed by atoms with van der Waals surface area (Å²) in [4.78, 5) is 0. The molecule has 0 saturated carbocycles. The lowest BCUT2D eigenvalue weighted by Crippen LogP contribution is -2.17. The van der Waals surface area contributed by atoms with E-state index < -0.39 is 12.6 Å². The van der Waals surface area contributed by atoms with Gasteiger partial charge in [0, 0.05) is 13.0 Å². The van der Waals surface area contributed by atoms with Crippen molar-refractivity contribution >= 4 is 0 Å². The van der Waals surface area contributed by atoms with Crippen LogP contribution in [0.3, 0.4) is 0 Å². The van der Waals surface area contributed by atoms with Crippen LogP contribution >= 0.6 is 0 Å². The highest BCUT2D eigenvalue weighted by molar-refractivity contribution is 5.55. The number of halogens is 3. The Morgan fingerprint density at radius 1 is 1.30 bits per heavy atom. The van der Waals surface area contributed by atoms with E-state index in [9.17, 15) is 13.2 Å². The van der Waals surface area contributed by atoms with Crippen LogP contribution in [0.2, 0.25) is 0 Å². The molecule has 2 rings (SSSR count). The first-order valence-electron chi connectivity index (χ1n) is 6.23. The third kappa shape index (κ3) is 3.93. The van der Waals surface area contributed by atoms with E-state index in [0.717, 1.165) is 5.56 Å². The first kappa shape index (κ1) is 14.8. The molecule has 1 aromatic carbocycles. The molecule has 0 aromatic heterocycles. The Morgan fingerprint density at radius 2 is 2.10 bits per heavy atom. The van der Waals surface area contributed by atoms with E-state index in [4.69, 9.17) is 14.2 Å². The summed E-state index contributed by atoms with van der Waals surface area (Å²) in [6.07, 6.45) is -4.81. The maximum absolute atomic E-state index is 12.0. The highest BCUT2D eigenvalue weighted by Crippen LogP contribution is 2.41. The van der Waals surface area contributed by atoms with Gasteiger partial charge in [-0.05, 0) is 30.7 Å². The number of hydrogen-bond acceptors (Lipinski definition) is 4. The summed E-state index contributed by atoms with van der Waals surface area (Å²) in [6, 6.07) is 3.58. The Balaban J connectivity index is 1.85. The van der Waals surface area contributed by atoms with Crippen LogP contribution in [0.5, 0.6) is 17.2 Å². The first-order chi connectivity index (χ1) is 9.49. The molecule has 1 aliphatic rings. The lowest BCUT2D eigenvalue weighted by atomic mass is 10.2. The van der Waals surface area contributed by atoms with Crippen molar-refractivity contribution in [3.63, 3.8) is 0 Å². The molecule has 0 saturated heterocycles. The van der Waals surface area contributed by atoms with Gasteiger partial charge in [0.05, 0.1) is 7.11 Å². The number of benzene rings is 1. The maximum atomic E-state index is 12.0. The maximum Gasteiger partial charge on any atom is 0.389 e. The van der Waals surface area contributed by atoms with Crippen LogP contribution in [0.1, 0.15) is 18.4 Å². The van der Waals surface area contributed by atoms with E-state index in [-0.39, 0.29) is 13.2 Å². The lowest BCUT2D eigenvalue weighted by molar-refractivity contribution is -0.135. The van der Waals surface area contributed by atoms with Crippen molar-refractivity contribution in [1.29, 1.82) is 0 Å². The van der Waals surface area contributed by atoms with E-state index in [1.54, 1.807) is 12.1 Å². The molecular weight excluding hydrogens is 275 g/mol. The third-order valence-corrected chi connectivity index (χ3v) is 2.86. The fourth-order valence-corrected chi connectivity index (χ4v) is 1.93. The van der Waals surface area contributed by atoms with Gasteiger partial charge in [-0.3, -0.25) is 0 Å². The van der Waals surface area contributed by atoms with Gasteiger partial charge in [0.15, 0.2) is 11.5 Å². The second-order valence-corrected chi connectivity index (χ2v) is 4.43. The molecule has 4 nitrogen and oxygen atoms in total. The van der Waals surface area contributed by atoms with Crippen molar-refractivity contribution in [2.45, 2.75) is 25.6 Å². The molecule has 1 heterocycles. The van der Waals surface area contributed by atoms with Crippen molar-refractivity contribution in [1.82, 2.24) is 5.32 Å². The standard InChI is InChI=1S/C13H16F3NO3/c1-18-10-5-9(6-11-12(10)20-8-19-11)7-17-4-2-3-13(14,15)16/h5-6,17H,2-4,7-8H2,1H3. The number of nitrogens with one attached hydrogen (secondary N) is 1. The number of alkyl halides is 3. The second kappa shape index (κ2) is 6.21. The zero-order chi connectivity index (χ0) is 14.6. The summed E-state index contributed by atoms with van der Waals surface area (Å²) in [7, 11) is 1.53. The second-order valence-electron chi connectivity index (χ2n) is 4.43. The molecule has 112 valence electrons. The predicted octanol–water partition coefficient (Wildman–Crippen LogP) is 2.86. The van der Waals surface area contributed by atoms with E-state index in [0.29, 0.717) is 30.3 Å². The molecular formula is C13H16F3NO3. The van der Waals surface area contributed by atoms with Gasteiger partial charge < -0.3 is 19.5 Å². The molecule has 0 spiro atoms. The monoisotopic (exact) mass is 291 g/mol. The van der Waals surface area contributed by atoms with Crippen molar-refractivity contribution in [2.75, 3.05) is 20.4 Å². The SMILES string of the molecule is COc1cc(CNCCCC(F)(F)F)cc2c1OCO2. The fourth-order valence-electron chi connectivity index (χ4n) is 1.93. The van der Waals surface area contributed by atoms with Crippen LogP contribution in [0.15, 0.2) is 12.1 Å². The van der Waals surface area contributed by atoms with E-state index in [1.807, 2.05) is 0 Å². The molecule has 0 amide bonds. The van der Waals surface area contributed by atoms with Crippen LogP contribution in [0, 0.1) is 0 Å². The molecule has 1 N–H and O–H groups in total. The number of methoxy groups -OCH3 is 1. The summed E-state index contributed by atoms with van der Waals surface area (Å²) >= 11 is 0. The minimum Gasteiger partial charge on any atom is -0.493 e. The Hall–Kier alpha value is -1.63. The highest BCUT2D eigenvalue weighted by Gasteiger charge is 2.25. The summed E-state index contributed by atoms with van der Waals surface area (Å²) in [5, 5.41) is 2.96. The number of hydrogen-bond donors (Lipinski definition) is 1. The van der Waals surface area contributed by atoms with E-state index in [2.05, 4.69) is 5.32 Å². The molecule has 0 aliphatic carbocycles. The highest BCUT2D eigenvalue weighted by atomic mass is 19.4. The Morgan fingerprint density at radius 3 is 2.80 bits per heavy atom. The van der Waals surface area contributed by atoms with Gasteiger partial charge >= 0.3 is 6.18 Å². The number of fused-ring (bicyclic) bond motifs is 1. The van der Waals surface area contributed by atoms with Crippen molar-refractivity contribution in [3.8, 4) is 17.2 Å². The summed E-state index contributed by atoms with van der Waals surface area (Å²) in [6.45, 7) is 0.898. The molecule has 0 radical (unpaired) electrons. The van der Waals surface area contributed by atoms with Crippen LogP contribution < -0.4 is 19.5 Å². The molecule has 0 bridgehead atoms. The van der Waals surface area contributed by atoms with Gasteiger partial charge in [-0.15, -0.1) is 0 Å². The molecule has 1 aliphatic heterocycles. The molecule has 1 aromatic rings. The Labute approximate surface area is 114 Å². The van der Waals surface area contributed by atoms with Crippen LogP contribution in [-0.2, 0) is 6.54 Å². The van der Waals surface area contributed by atoms with Crippen LogP contribution in [0.4, 0.5) is 13.2 Å². The van der Waals surface area contributed by atoms with Gasteiger partial charge in [-0.2, -0.15) is 13.2 Å². The van der Waals surface area contributed by atoms with E-state index >= 15 is 0 Å². The van der Waals surface area contributed by atoms with Crippen LogP contribution in [0.25, 0.3) is 0 Å². The smallest absolute Gasteiger partial charge is 0.389 e. The lowest BCUT2D eigenvalue weighted by Gasteiger charge is -2.10.